The normalized spacial score (nSPS) is 23.7. The van der Waals surface area contributed by atoms with Gasteiger partial charge in [-0.05, 0) is 17.7 Å². The Bertz CT molecular complexity index is 402. The maximum absolute atomic E-state index is 5.66. The van der Waals surface area contributed by atoms with E-state index in [2.05, 4.69) is 39.0 Å². The summed E-state index contributed by atoms with van der Waals surface area (Å²) in [6.45, 7) is 2.25. The van der Waals surface area contributed by atoms with Crippen molar-refractivity contribution in [1.29, 1.82) is 0 Å². The summed E-state index contributed by atoms with van der Waals surface area (Å²) in [6.07, 6.45) is 0.255. The molecule has 2 N–H and O–H groups in total. The first-order valence-electron chi connectivity index (χ1n) is 5.98. The summed E-state index contributed by atoms with van der Waals surface area (Å²) in [7, 11) is 3.46. The summed E-state index contributed by atoms with van der Waals surface area (Å²) in [5.41, 5.74) is 7.94. The minimum atomic E-state index is 0.128. The maximum atomic E-state index is 5.66. The molecule has 4 nitrogen and oxygen atoms in total. The third-order valence-corrected chi connectivity index (χ3v) is 4.18. The van der Waals surface area contributed by atoms with E-state index in [9.17, 15) is 0 Å². The summed E-state index contributed by atoms with van der Waals surface area (Å²) >= 11 is 3.55. The predicted molar refractivity (Wildman–Crippen MR) is 75.8 cm³/mol. The van der Waals surface area contributed by atoms with E-state index in [1.54, 1.807) is 14.2 Å². The molecule has 0 spiro atoms. The van der Waals surface area contributed by atoms with Gasteiger partial charge >= 0.3 is 0 Å². The van der Waals surface area contributed by atoms with Crippen LogP contribution in [-0.4, -0.2) is 39.5 Å². The van der Waals surface area contributed by atoms with Gasteiger partial charge in [0.25, 0.3) is 0 Å². The fourth-order valence-corrected chi connectivity index (χ4v) is 2.83. The smallest absolute Gasteiger partial charge is 0.102 e. The van der Waals surface area contributed by atoms with Crippen LogP contribution in [0.25, 0.3) is 0 Å². The maximum Gasteiger partial charge on any atom is 0.102 e. The number of halogens is 1. The highest BCUT2D eigenvalue weighted by Crippen LogP contribution is 2.28. The van der Waals surface area contributed by atoms with E-state index >= 15 is 0 Å². The molecule has 2 atom stereocenters. The monoisotopic (exact) mass is 314 g/mol. The highest BCUT2D eigenvalue weighted by Gasteiger charge is 2.33. The Morgan fingerprint density at radius 1 is 1.28 bits per heavy atom. The predicted octanol–water partition coefficient (Wildman–Crippen LogP) is 1.76. The highest BCUT2D eigenvalue weighted by molar-refractivity contribution is 9.10. The average Bonchev–Trinajstić information content (AvgIpc) is 2.81. The van der Waals surface area contributed by atoms with Gasteiger partial charge in [0.05, 0.1) is 0 Å². The molecule has 100 valence electrons. The second-order valence-electron chi connectivity index (χ2n) is 4.43. The molecule has 18 heavy (non-hydrogen) atoms. The lowest BCUT2D eigenvalue weighted by molar-refractivity contribution is -0.00461. The number of hydrogen-bond donors (Lipinski definition) is 1. The molecule has 0 aromatic heterocycles. The molecule has 1 aromatic rings. The summed E-state index contributed by atoms with van der Waals surface area (Å²) in [5, 5.41) is 0. The van der Waals surface area contributed by atoms with Gasteiger partial charge in [0.2, 0.25) is 0 Å². The number of methoxy groups -OCH3 is 2. The van der Waals surface area contributed by atoms with Crippen molar-refractivity contribution in [3.05, 3.63) is 28.2 Å². The van der Waals surface area contributed by atoms with Crippen molar-refractivity contribution in [3.63, 3.8) is 0 Å². The van der Waals surface area contributed by atoms with Gasteiger partial charge in [-0.15, -0.1) is 0 Å². The van der Waals surface area contributed by atoms with Crippen molar-refractivity contribution < 1.29 is 9.47 Å². The first-order chi connectivity index (χ1) is 8.69. The largest absolute Gasteiger partial charge is 0.377 e. The third-order valence-electron chi connectivity index (χ3n) is 3.44. The summed E-state index contributed by atoms with van der Waals surface area (Å²) in [4.78, 5) is 2.27. The van der Waals surface area contributed by atoms with Gasteiger partial charge in [-0.3, -0.25) is 0 Å². The van der Waals surface area contributed by atoms with Crippen molar-refractivity contribution in [2.75, 3.05) is 32.2 Å². The van der Waals surface area contributed by atoms with Gasteiger partial charge < -0.3 is 20.1 Å². The molecule has 1 heterocycles. The molecule has 1 aliphatic rings. The van der Waals surface area contributed by atoms with Crippen molar-refractivity contribution in [3.8, 4) is 0 Å². The Labute approximate surface area is 116 Å². The molecule has 1 aliphatic heterocycles. The minimum absolute atomic E-state index is 0.128. The molecule has 2 rings (SSSR count). The molecule has 1 saturated heterocycles. The molecule has 5 heteroatoms. The van der Waals surface area contributed by atoms with Crippen molar-refractivity contribution in [2.45, 2.75) is 18.8 Å². The van der Waals surface area contributed by atoms with E-state index < -0.39 is 0 Å². The SMILES string of the molecule is COC1CN(c2ccc(CN)c(Br)c2)CC1OC. The zero-order valence-corrected chi connectivity index (χ0v) is 12.3. The zero-order chi connectivity index (χ0) is 13.1. The average molecular weight is 315 g/mol. The van der Waals surface area contributed by atoms with Crippen LogP contribution in [0.2, 0.25) is 0 Å². The van der Waals surface area contributed by atoms with Gasteiger partial charge in [0, 0.05) is 44.0 Å². The quantitative estimate of drug-likeness (QED) is 0.920. The second kappa shape index (κ2) is 6.02. The van der Waals surface area contributed by atoms with Crippen LogP contribution in [0.1, 0.15) is 5.56 Å². The summed E-state index contributed by atoms with van der Waals surface area (Å²) in [5.74, 6) is 0. The lowest BCUT2D eigenvalue weighted by Crippen LogP contribution is -2.27. The minimum Gasteiger partial charge on any atom is -0.377 e. The van der Waals surface area contributed by atoms with Crippen LogP contribution < -0.4 is 10.6 Å². The Hall–Kier alpha value is -0.620. The zero-order valence-electron chi connectivity index (χ0n) is 10.7. The Morgan fingerprint density at radius 3 is 2.33 bits per heavy atom. The number of anilines is 1. The molecular formula is C13H19BrN2O2. The highest BCUT2D eigenvalue weighted by atomic mass is 79.9. The van der Waals surface area contributed by atoms with E-state index in [-0.39, 0.29) is 12.2 Å². The fraction of sp³-hybridized carbons (Fsp3) is 0.538. The Balaban J connectivity index is 2.15. The van der Waals surface area contributed by atoms with E-state index in [0.717, 1.165) is 23.1 Å². The molecule has 0 amide bonds. The van der Waals surface area contributed by atoms with Crippen LogP contribution in [0.5, 0.6) is 0 Å². The molecule has 0 saturated carbocycles. The number of ether oxygens (including phenoxy) is 2. The Morgan fingerprint density at radius 2 is 1.89 bits per heavy atom. The van der Waals surface area contributed by atoms with Gasteiger partial charge in [-0.1, -0.05) is 22.0 Å². The second-order valence-corrected chi connectivity index (χ2v) is 5.29. The van der Waals surface area contributed by atoms with Gasteiger partial charge in [0.15, 0.2) is 0 Å². The first-order valence-corrected chi connectivity index (χ1v) is 6.78. The van der Waals surface area contributed by atoms with Crippen LogP contribution >= 0.6 is 15.9 Å². The molecule has 1 fully saturated rings. The standard InChI is InChI=1S/C13H19BrN2O2/c1-17-12-7-16(8-13(12)18-2)10-4-3-9(6-15)11(14)5-10/h3-5,12-13H,6-8,15H2,1-2H3. The third kappa shape index (κ3) is 2.69. The fourth-order valence-electron chi connectivity index (χ4n) is 2.31. The number of nitrogens with zero attached hydrogens (tertiary/aromatic N) is 1. The molecule has 0 aliphatic carbocycles. The summed E-state index contributed by atoms with van der Waals surface area (Å²) < 4.78 is 11.9. The molecule has 0 radical (unpaired) electrons. The van der Waals surface area contributed by atoms with Crippen LogP contribution in [0.4, 0.5) is 5.69 Å². The van der Waals surface area contributed by atoms with Gasteiger partial charge in [-0.2, -0.15) is 0 Å². The van der Waals surface area contributed by atoms with Crippen molar-refractivity contribution in [1.82, 2.24) is 0 Å². The lowest BCUT2D eigenvalue weighted by atomic mass is 10.2. The van der Waals surface area contributed by atoms with Crippen LogP contribution in [-0.2, 0) is 16.0 Å². The number of hydrogen-bond acceptors (Lipinski definition) is 4. The van der Waals surface area contributed by atoms with Crippen LogP contribution in [0.15, 0.2) is 22.7 Å². The Kier molecular flexibility index (Phi) is 4.61. The first kappa shape index (κ1) is 13.8. The lowest BCUT2D eigenvalue weighted by Gasteiger charge is -2.19. The van der Waals surface area contributed by atoms with Crippen LogP contribution in [0, 0.1) is 0 Å². The van der Waals surface area contributed by atoms with E-state index in [4.69, 9.17) is 15.2 Å². The van der Waals surface area contributed by atoms with E-state index in [1.807, 2.05) is 0 Å². The topological polar surface area (TPSA) is 47.7 Å². The molecule has 1 aromatic carbocycles. The number of rotatable bonds is 4. The van der Waals surface area contributed by atoms with Crippen molar-refractivity contribution in [2.24, 2.45) is 5.73 Å². The van der Waals surface area contributed by atoms with E-state index in [0.29, 0.717) is 6.54 Å². The molecule has 0 bridgehead atoms. The van der Waals surface area contributed by atoms with Gasteiger partial charge in [-0.25, -0.2) is 0 Å². The van der Waals surface area contributed by atoms with Gasteiger partial charge in [0.1, 0.15) is 12.2 Å². The number of nitrogens with two attached hydrogens (primary N) is 1. The van der Waals surface area contributed by atoms with Crippen molar-refractivity contribution >= 4 is 21.6 Å². The molecular weight excluding hydrogens is 296 g/mol. The van der Waals surface area contributed by atoms with Crippen LogP contribution in [0.3, 0.4) is 0 Å². The molecule has 2 unspecified atom stereocenters. The van der Waals surface area contributed by atoms with E-state index in [1.165, 1.54) is 5.69 Å². The number of benzene rings is 1. The summed E-state index contributed by atoms with van der Waals surface area (Å²) in [6, 6.07) is 6.26.